The molecule has 1 aromatic carbocycles. The van der Waals surface area contributed by atoms with Gasteiger partial charge in [-0.05, 0) is 38.8 Å². The van der Waals surface area contributed by atoms with Gasteiger partial charge in [-0.15, -0.1) is 0 Å². The number of carbonyl (C=O) groups excluding carboxylic acids is 1. The molecule has 0 saturated carbocycles. The minimum Gasteiger partial charge on any atom is -0.466 e. The van der Waals surface area contributed by atoms with E-state index in [0.29, 0.717) is 6.61 Å². The van der Waals surface area contributed by atoms with E-state index in [1.165, 1.54) is 5.56 Å². The fourth-order valence-corrected chi connectivity index (χ4v) is 1.62. The lowest BCUT2D eigenvalue weighted by molar-refractivity contribution is -0.144. The van der Waals surface area contributed by atoms with E-state index in [4.69, 9.17) is 4.74 Å². The Kier molecular flexibility index (Phi) is 3.89. The molecular weight excluding hydrogens is 188 g/mol. The van der Waals surface area contributed by atoms with Gasteiger partial charge in [-0.1, -0.05) is 23.8 Å². The van der Waals surface area contributed by atoms with Gasteiger partial charge in [0.2, 0.25) is 0 Å². The predicted molar refractivity (Wildman–Crippen MR) is 61.0 cm³/mol. The Bertz CT molecular complexity index is 356. The van der Waals surface area contributed by atoms with Crippen LogP contribution in [0.25, 0.3) is 0 Å². The van der Waals surface area contributed by atoms with E-state index in [9.17, 15) is 4.79 Å². The Morgan fingerprint density at radius 3 is 2.67 bits per heavy atom. The maximum absolute atomic E-state index is 11.6. The first-order valence-corrected chi connectivity index (χ1v) is 5.30. The molecule has 0 aliphatic heterocycles. The minimum atomic E-state index is -0.176. The van der Waals surface area contributed by atoms with Crippen LogP contribution in [-0.2, 0) is 9.53 Å². The molecule has 0 aliphatic rings. The molecule has 1 unspecified atom stereocenters. The highest BCUT2D eigenvalue weighted by atomic mass is 16.5. The van der Waals surface area contributed by atoms with Gasteiger partial charge in [0.25, 0.3) is 0 Å². The number of carbonyl (C=O) groups is 1. The molecule has 0 fully saturated rings. The van der Waals surface area contributed by atoms with Gasteiger partial charge >= 0.3 is 5.97 Å². The molecule has 2 heteroatoms. The summed E-state index contributed by atoms with van der Waals surface area (Å²) in [5, 5.41) is 0. The molecule has 1 atom stereocenters. The fraction of sp³-hybridized carbons (Fsp3) is 0.462. The largest absolute Gasteiger partial charge is 0.466 e. The third-order valence-electron chi connectivity index (χ3n) is 2.54. The van der Waals surface area contributed by atoms with Crippen LogP contribution in [0.1, 0.15) is 36.5 Å². The lowest BCUT2D eigenvalue weighted by atomic mass is 9.95. The SMILES string of the molecule is CCOC(=O)C(C)c1cc(C)ccc1C. The predicted octanol–water partition coefficient (Wildman–Crippen LogP) is 2.97. The van der Waals surface area contributed by atoms with E-state index in [1.54, 1.807) is 0 Å². The molecule has 0 N–H and O–H groups in total. The number of aryl methyl sites for hydroxylation is 2. The van der Waals surface area contributed by atoms with E-state index >= 15 is 0 Å². The normalized spacial score (nSPS) is 12.3. The Balaban J connectivity index is 2.94. The molecule has 82 valence electrons. The summed E-state index contributed by atoms with van der Waals surface area (Å²) in [5.41, 5.74) is 3.38. The number of hydrogen-bond donors (Lipinski definition) is 0. The monoisotopic (exact) mass is 206 g/mol. The average molecular weight is 206 g/mol. The zero-order valence-electron chi connectivity index (χ0n) is 9.83. The van der Waals surface area contributed by atoms with Crippen molar-refractivity contribution in [2.24, 2.45) is 0 Å². The average Bonchev–Trinajstić information content (AvgIpc) is 2.21. The van der Waals surface area contributed by atoms with Crippen LogP contribution in [0.2, 0.25) is 0 Å². The van der Waals surface area contributed by atoms with E-state index in [-0.39, 0.29) is 11.9 Å². The van der Waals surface area contributed by atoms with Crippen molar-refractivity contribution in [2.45, 2.75) is 33.6 Å². The van der Waals surface area contributed by atoms with E-state index in [1.807, 2.05) is 33.8 Å². The van der Waals surface area contributed by atoms with Gasteiger partial charge < -0.3 is 4.74 Å². The highest BCUT2D eigenvalue weighted by Gasteiger charge is 2.17. The summed E-state index contributed by atoms with van der Waals surface area (Å²) in [4.78, 5) is 11.6. The molecule has 0 aliphatic carbocycles. The van der Waals surface area contributed by atoms with Crippen LogP contribution in [0, 0.1) is 13.8 Å². The van der Waals surface area contributed by atoms with Crippen LogP contribution in [-0.4, -0.2) is 12.6 Å². The summed E-state index contributed by atoms with van der Waals surface area (Å²) in [6.45, 7) is 8.20. The van der Waals surface area contributed by atoms with Crippen LogP contribution >= 0.6 is 0 Å². The first-order chi connectivity index (χ1) is 7.06. The van der Waals surface area contributed by atoms with Crippen molar-refractivity contribution in [2.75, 3.05) is 6.61 Å². The molecule has 0 spiro atoms. The molecule has 2 nitrogen and oxygen atoms in total. The first kappa shape index (κ1) is 11.8. The second-order valence-electron chi connectivity index (χ2n) is 3.83. The third-order valence-corrected chi connectivity index (χ3v) is 2.54. The fourth-order valence-electron chi connectivity index (χ4n) is 1.62. The van der Waals surface area contributed by atoms with E-state index < -0.39 is 0 Å². The smallest absolute Gasteiger partial charge is 0.313 e. The van der Waals surface area contributed by atoms with Crippen LogP contribution in [0.3, 0.4) is 0 Å². The van der Waals surface area contributed by atoms with Crippen molar-refractivity contribution in [3.05, 3.63) is 34.9 Å². The van der Waals surface area contributed by atoms with Crippen LogP contribution in [0.5, 0.6) is 0 Å². The second-order valence-corrected chi connectivity index (χ2v) is 3.83. The standard InChI is InChI=1S/C13H18O2/c1-5-15-13(14)11(4)12-8-9(2)6-7-10(12)3/h6-8,11H,5H2,1-4H3. The highest BCUT2D eigenvalue weighted by molar-refractivity contribution is 5.78. The minimum absolute atomic E-state index is 0.147. The van der Waals surface area contributed by atoms with E-state index in [2.05, 4.69) is 12.1 Å². The summed E-state index contributed by atoms with van der Waals surface area (Å²) in [5.74, 6) is -0.323. The summed E-state index contributed by atoms with van der Waals surface area (Å²) in [6, 6.07) is 6.15. The lowest BCUT2D eigenvalue weighted by Crippen LogP contribution is -2.14. The molecule has 0 aromatic heterocycles. The van der Waals surface area contributed by atoms with Gasteiger partial charge in [-0.2, -0.15) is 0 Å². The molecule has 15 heavy (non-hydrogen) atoms. The molecule has 0 saturated heterocycles. The Morgan fingerprint density at radius 1 is 1.40 bits per heavy atom. The second kappa shape index (κ2) is 4.96. The van der Waals surface area contributed by atoms with Gasteiger partial charge in [0.1, 0.15) is 0 Å². The van der Waals surface area contributed by atoms with Crippen molar-refractivity contribution in [3.63, 3.8) is 0 Å². The maximum atomic E-state index is 11.6. The van der Waals surface area contributed by atoms with Crippen LogP contribution in [0.4, 0.5) is 0 Å². The van der Waals surface area contributed by atoms with Gasteiger partial charge in [-0.3, -0.25) is 4.79 Å². The van der Waals surface area contributed by atoms with Crippen molar-refractivity contribution >= 4 is 5.97 Å². The van der Waals surface area contributed by atoms with Crippen molar-refractivity contribution in [1.29, 1.82) is 0 Å². The van der Waals surface area contributed by atoms with Crippen LogP contribution in [0.15, 0.2) is 18.2 Å². The third kappa shape index (κ3) is 2.82. The highest BCUT2D eigenvalue weighted by Crippen LogP contribution is 2.22. The quantitative estimate of drug-likeness (QED) is 0.711. The van der Waals surface area contributed by atoms with Gasteiger partial charge in [0.05, 0.1) is 12.5 Å². The zero-order chi connectivity index (χ0) is 11.4. The molecule has 0 amide bonds. The number of rotatable bonds is 3. The molecule has 0 bridgehead atoms. The van der Waals surface area contributed by atoms with Gasteiger partial charge in [-0.25, -0.2) is 0 Å². The van der Waals surface area contributed by atoms with E-state index in [0.717, 1.165) is 11.1 Å². The molecule has 1 rings (SSSR count). The zero-order valence-corrected chi connectivity index (χ0v) is 9.83. The summed E-state index contributed by atoms with van der Waals surface area (Å²) >= 11 is 0. The Morgan fingerprint density at radius 2 is 2.07 bits per heavy atom. The van der Waals surface area contributed by atoms with Gasteiger partial charge in [0, 0.05) is 0 Å². The van der Waals surface area contributed by atoms with Crippen molar-refractivity contribution < 1.29 is 9.53 Å². The van der Waals surface area contributed by atoms with Crippen molar-refractivity contribution in [1.82, 2.24) is 0 Å². The topological polar surface area (TPSA) is 26.3 Å². The van der Waals surface area contributed by atoms with Crippen molar-refractivity contribution in [3.8, 4) is 0 Å². The molecule has 1 aromatic rings. The lowest BCUT2D eigenvalue weighted by Gasteiger charge is -2.14. The van der Waals surface area contributed by atoms with Gasteiger partial charge in [0.15, 0.2) is 0 Å². The molecular formula is C13H18O2. The summed E-state index contributed by atoms with van der Waals surface area (Å²) in [6.07, 6.45) is 0. The summed E-state index contributed by atoms with van der Waals surface area (Å²) < 4.78 is 5.01. The Labute approximate surface area is 91.3 Å². The van der Waals surface area contributed by atoms with Crippen LogP contribution < -0.4 is 0 Å². The maximum Gasteiger partial charge on any atom is 0.313 e. The Hall–Kier alpha value is -1.31. The first-order valence-electron chi connectivity index (χ1n) is 5.30. The number of hydrogen-bond acceptors (Lipinski definition) is 2. The number of benzene rings is 1. The number of ether oxygens (including phenoxy) is 1. The number of esters is 1. The summed E-state index contributed by atoms with van der Waals surface area (Å²) in [7, 11) is 0. The molecule has 0 heterocycles. The molecule has 0 radical (unpaired) electrons.